The first-order chi connectivity index (χ1) is 9.72. The maximum absolute atomic E-state index is 12.2. The van der Waals surface area contributed by atoms with Crippen LogP contribution in [0, 0.1) is 0 Å². The van der Waals surface area contributed by atoms with E-state index < -0.39 is 0 Å². The number of carbonyl (C=O) groups is 1. The topological polar surface area (TPSA) is 55.1 Å². The molecule has 1 amide bonds. The number of anilines is 1. The van der Waals surface area contributed by atoms with Gasteiger partial charge in [0, 0.05) is 11.3 Å². The van der Waals surface area contributed by atoms with E-state index in [-0.39, 0.29) is 5.91 Å². The zero-order valence-electron chi connectivity index (χ0n) is 11.7. The normalized spacial score (nSPS) is 10.3. The molecule has 0 aliphatic heterocycles. The van der Waals surface area contributed by atoms with E-state index in [2.05, 4.69) is 18.3 Å². The van der Waals surface area contributed by atoms with Gasteiger partial charge in [-0.05, 0) is 54.8 Å². The van der Waals surface area contributed by atoms with E-state index in [9.17, 15) is 4.79 Å². The van der Waals surface area contributed by atoms with Gasteiger partial charge < -0.3 is 11.1 Å². The highest BCUT2D eigenvalue weighted by atomic mass is 16.1. The molecule has 0 unspecified atom stereocenters. The van der Waals surface area contributed by atoms with Crippen molar-refractivity contribution in [3.63, 3.8) is 0 Å². The molecule has 104 valence electrons. The van der Waals surface area contributed by atoms with Crippen LogP contribution in [0.3, 0.4) is 0 Å². The lowest BCUT2D eigenvalue weighted by molar-refractivity contribution is 0.102. The molecule has 0 heterocycles. The molecule has 0 atom stereocenters. The zero-order chi connectivity index (χ0) is 14.4. The third-order valence-corrected chi connectivity index (χ3v) is 3.22. The zero-order valence-corrected chi connectivity index (χ0v) is 11.7. The lowest BCUT2D eigenvalue weighted by Crippen LogP contribution is -2.12. The molecule has 20 heavy (non-hydrogen) atoms. The van der Waals surface area contributed by atoms with Crippen LogP contribution < -0.4 is 11.1 Å². The fourth-order valence-electron chi connectivity index (χ4n) is 2.11. The summed E-state index contributed by atoms with van der Waals surface area (Å²) in [6, 6.07) is 15.5. The first kappa shape index (κ1) is 14.3. The monoisotopic (exact) mass is 268 g/mol. The molecule has 0 saturated carbocycles. The molecule has 3 heteroatoms. The van der Waals surface area contributed by atoms with E-state index in [1.807, 2.05) is 42.5 Å². The number of rotatable bonds is 5. The number of carbonyl (C=O) groups excluding carboxylic acids is 1. The van der Waals surface area contributed by atoms with Crippen molar-refractivity contribution in [1.82, 2.24) is 0 Å². The highest BCUT2D eigenvalue weighted by Gasteiger charge is 2.06. The van der Waals surface area contributed by atoms with Gasteiger partial charge in [-0.1, -0.05) is 31.2 Å². The predicted octanol–water partition coefficient (Wildman–Crippen LogP) is 3.00. The van der Waals surface area contributed by atoms with Gasteiger partial charge in [0.2, 0.25) is 0 Å². The fourth-order valence-corrected chi connectivity index (χ4v) is 2.11. The Morgan fingerprint density at radius 3 is 2.60 bits per heavy atom. The maximum atomic E-state index is 12.2. The average molecular weight is 268 g/mol. The Bertz CT molecular complexity index is 593. The largest absolute Gasteiger partial charge is 0.330 e. The van der Waals surface area contributed by atoms with Crippen molar-refractivity contribution in [3.8, 4) is 0 Å². The SMILES string of the molecule is CCc1cccc(NC(=O)c2cccc(CCN)c2)c1. The third kappa shape index (κ3) is 3.68. The summed E-state index contributed by atoms with van der Waals surface area (Å²) in [5.41, 5.74) is 9.33. The van der Waals surface area contributed by atoms with Crippen molar-refractivity contribution in [2.75, 3.05) is 11.9 Å². The van der Waals surface area contributed by atoms with E-state index >= 15 is 0 Å². The van der Waals surface area contributed by atoms with E-state index in [4.69, 9.17) is 5.73 Å². The Kier molecular flexibility index (Phi) is 4.91. The minimum atomic E-state index is -0.0860. The maximum Gasteiger partial charge on any atom is 0.255 e. The number of nitrogens with two attached hydrogens (primary N) is 1. The van der Waals surface area contributed by atoms with Gasteiger partial charge >= 0.3 is 0 Å². The van der Waals surface area contributed by atoms with Gasteiger partial charge in [0.25, 0.3) is 5.91 Å². The van der Waals surface area contributed by atoms with Crippen molar-refractivity contribution >= 4 is 11.6 Å². The highest BCUT2D eigenvalue weighted by molar-refractivity contribution is 6.04. The molecule has 0 aliphatic rings. The molecular weight excluding hydrogens is 248 g/mol. The number of aryl methyl sites for hydroxylation is 1. The van der Waals surface area contributed by atoms with Crippen molar-refractivity contribution in [2.45, 2.75) is 19.8 Å². The quantitative estimate of drug-likeness (QED) is 0.875. The standard InChI is InChI=1S/C17H20N2O/c1-2-13-5-4-8-16(12-13)19-17(20)15-7-3-6-14(11-15)9-10-18/h3-8,11-12H,2,9-10,18H2,1H3,(H,19,20). The lowest BCUT2D eigenvalue weighted by Gasteiger charge is -2.08. The Balaban J connectivity index is 2.12. The molecule has 0 spiro atoms. The van der Waals surface area contributed by atoms with Gasteiger partial charge in [-0.25, -0.2) is 0 Å². The van der Waals surface area contributed by atoms with Crippen LogP contribution in [0.1, 0.15) is 28.4 Å². The smallest absolute Gasteiger partial charge is 0.255 e. The summed E-state index contributed by atoms with van der Waals surface area (Å²) < 4.78 is 0. The first-order valence-electron chi connectivity index (χ1n) is 6.92. The number of nitrogens with one attached hydrogen (secondary N) is 1. The fraction of sp³-hybridized carbons (Fsp3) is 0.235. The van der Waals surface area contributed by atoms with Gasteiger partial charge in [-0.3, -0.25) is 4.79 Å². The minimum absolute atomic E-state index is 0.0860. The van der Waals surface area contributed by atoms with E-state index in [1.165, 1.54) is 5.56 Å². The molecule has 0 saturated heterocycles. The van der Waals surface area contributed by atoms with Gasteiger partial charge in [-0.2, -0.15) is 0 Å². The van der Waals surface area contributed by atoms with E-state index in [1.54, 1.807) is 0 Å². The molecule has 3 N–H and O–H groups in total. The van der Waals surface area contributed by atoms with Crippen molar-refractivity contribution < 1.29 is 4.79 Å². The van der Waals surface area contributed by atoms with Gasteiger partial charge in [0.15, 0.2) is 0 Å². The molecular formula is C17H20N2O. The van der Waals surface area contributed by atoms with Crippen LogP contribution in [-0.2, 0) is 12.8 Å². The average Bonchev–Trinajstić information content (AvgIpc) is 2.48. The number of benzene rings is 2. The Morgan fingerprint density at radius 2 is 1.85 bits per heavy atom. The van der Waals surface area contributed by atoms with Crippen LogP contribution in [-0.4, -0.2) is 12.5 Å². The molecule has 2 aromatic rings. The highest BCUT2D eigenvalue weighted by Crippen LogP contribution is 2.13. The number of hydrogen-bond acceptors (Lipinski definition) is 2. The summed E-state index contributed by atoms with van der Waals surface area (Å²) >= 11 is 0. The lowest BCUT2D eigenvalue weighted by atomic mass is 10.1. The molecule has 0 radical (unpaired) electrons. The molecule has 0 bridgehead atoms. The number of amides is 1. The van der Waals surface area contributed by atoms with E-state index in [0.29, 0.717) is 12.1 Å². The number of hydrogen-bond donors (Lipinski definition) is 2. The summed E-state index contributed by atoms with van der Waals surface area (Å²) in [6.45, 7) is 2.68. The van der Waals surface area contributed by atoms with Crippen LogP contribution >= 0.6 is 0 Å². The van der Waals surface area contributed by atoms with Crippen molar-refractivity contribution in [3.05, 3.63) is 65.2 Å². The molecule has 0 aromatic heterocycles. The molecule has 2 aromatic carbocycles. The Morgan fingerprint density at radius 1 is 1.10 bits per heavy atom. The Hall–Kier alpha value is -2.13. The first-order valence-corrected chi connectivity index (χ1v) is 6.92. The second-order valence-electron chi connectivity index (χ2n) is 4.75. The van der Waals surface area contributed by atoms with Crippen LogP contribution in [0.2, 0.25) is 0 Å². The summed E-state index contributed by atoms with van der Waals surface area (Å²) in [6.07, 6.45) is 1.74. The summed E-state index contributed by atoms with van der Waals surface area (Å²) in [7, 11) is 0. The van der Waals surface area contributed by atoms with Gasteiger partial charge in [0.05, 0.1) is 0 Å². The van der Waals surface area contributed by atoms with Crippen LogP contribution in [0.15, 0.2) is 48.5 Å². The second-order valence-corrected chi connectivity index (χ2v) is 4.75. The van der Waals surface area contributed by atoms with E-state index in [0.717, 1.165) is 24.1 Å². The third-order valence-electron chi connectivity index (χ3n) is 3.22. The van der Waals surface area contributed by atoms with Crippen LogP contribution in [0.5, 0.6) is 0 Å². The second kappa shape index (κ2) is 6.87. The predicted molar refractivity (Wildman–Crippen MR) is 83.0 cm³/mol. The van der Waals surface area contributed by atoms with Crippen molar-refractivity contribution in [2.24, 2.45) is 5.73 Å². The molecule has 3 nitrogen and oxygen atoms in total. The molecule has 0 aliphatic carbocycles. The molecule has 2 rings (SSSR count). The van der Waals surface area contributed by atoms with Crippen molar-refractivity contribution in [1.29, 1.82) is 0 Å². The van der Waals surface area contributed by atoms with Gasteiger partial charge in [0.1, 0.15) is 0 Å². The van der Waals surface area contributed by atoms with Gasteiger partial charge in [-0.15, -0.1) is 0 Å². The minimum Gasteiger partial charge on any atom is -0.330 e. The summed E-state index contributed by atoms with van der Waals surface area (Å²) in [4.78, 5) is 12.2. The van der Waals surface area contributed by atoms with Crippen LogP contribution in [0.25, 0.3) is 0 Å². The Labute approximate surface area is 119 Å². The molecule has 0 fully saturated rings. The summed E-state index contributed by atoms with van der Waals surface area (Å²) in [5, 5.41) is 2.93. The van der Waals surface area contributed by atoms with Crippen LogP contribution in [0.4, 0.5) is 5.69 Å². The summed E-state index contributed by atoms with van der Waals surface area (Å²) in [5.74, 6) is -0.0860.